The minimum absolute atomic E-state index is 0.0806. The first-order valence-electron chi connectivity index (χ1n) is 11.8. The quantitative estimate of drug-likeness (QED) is 0.318. The van der Waals surface area contributed by atoms with E-state index in [1.807, 2.05) is 25.3 Å². The summed E-state index contributed by atoms with van der Waals surface area (Å²) < 4.78 is 19.8. The van der Waals surface area contributed by atoms with Crippen molar-refractivity contribution in [1.29, 1.82) is 5.41 Å². The van der Waals surface area contributed by atoms with Crippen LogP contribution in [-0.4, -0.2) is 56.2 Å². The number of aromatic nitrogens is 4. The van der Waals surface area contributed by atoms with Crippen LogP contribution in [0.25, 0.3) is 11.2 Å². The molecule has 0 bridgehead atoms. The maximum absolute atomic E-state index is 13.2. The van der Waals surface area contributed by atoms with E-state index in [0.717, 1.165) is 29.5 Å². The molecule has 4 heterocycles. The number of nitrogens with one attached hydrogen (secondary N) is 2. The van der Waals surface area contributed by atoms with Crippen molar-refractivity contribution >= 4 is 23.3 Å². The fourth-order valence-electron chi connectivity index (χ4n) is 4.91. The summed E-state index contributed by atoms with van der Waals surface area (Å²) in [6.07, 6.45) is 5.59. The Morgan fingerprint density at radius 3 is 2.89 bits per heavy atom. The molecule has 0 spiro atoms. The van der Waals surface area contributed by atoms with Gasteiger partial charge in [0.2, 0.25) is 5.91 Å². The zero-order valence-corrected chi connectivity index (χ0v) is 19.9. The van der Waals surface area contributed by atoms with E-state index in [1.165, 1.54) is 0 Å². The molecule has 10 heteroatoms. The highest BCUT2D eigenvalue weighted by atomic mass is 16.8. The van der Waals surface area contributed by atoms with Crippen molar-refractivity contribution in [3.8, 4) is 11.8 Å². The zero-order chi connectivity index (χ0) is 24.6. The molecule has 1 aliphatic carbocycles. The van der Waals surface area contributed by atoms with Crippen molar-refractivity contribution in [1.82, 2.24) is 24.8 Å². The molecule has 1 saturated heterocycles. The fraction of sp³-hybridized carbons (Fsp3) is 0.480. The first-order chi connectivity index (χ1) is 16.9. The van der Waals surface area contributed by atoms with Crippen LogP contribution in [0.3, 0.4) is 0 Å². The van der Waals surface area contributed by atoms with E-state index < -0.39 is 5.79 Å². The Balaban J connectivity index is 1.29. The third-order valence-electron chi connectivity index (χ3n) is 6.43. The number of hydrogen-bond donors (Lipinski definition) is 2. The second-order valence-corrected chi connectivity index (χ2v) is 9.16. The third-order valence-corrected chi connectivity index (χ3v) is 6.43. The van der Waals surface area contributed by atoms with E-state index in [4.69, 9.17) is 19.3 Å². The average molecular weight is 477 g/mol. The summed E-state index contributed by atoms with van der Waals surface area (Å²) in [7, 11) is 0. The molecular formula is C25H28N6O4. The highest BCUT2D eigenvalue weighted by Gasteiger charge is 2.56. The van der Waals surface area contributed by atoms with E-state index in [1.54, 1.807) is 24.8 Å². The summed E-state index contributed by atoms with van der Waals surface area (Å²) in [5.41, 5.74) is 2.42. The van der Waals surface area contributed by atoms with Gasteiger partial charge in [0.1, 0.15) is 29.8 Å². The van der Waals surface area contributed by atoms with Crippen LogP contribution in [0.2, 0.25) is 0 Å². The van der Waals surface area contributed by atoms with Crippen LogP contribution in [-0.2, 0) is 20.7 Å². The van der Waals surface area contributed by atoms with Crippen molar-refractivity contribution in [3.63, 3.8) is 0 Å². The fourth-order valence-corrected chi connectivity index (χ4v) is 4.91. The lowest BCUT2D eigenvalue weighted by atomic mass is 10.0. The lowest BCUT2D eigenvalue weighted by molar-refractivity contribution is -0.163. The maximum atomic E-state index is 13.2. The standard InChI is InChI=1S/C25H28N6O4/c1-4-18-20-23(29-13-28-18)31(14-30-20)19-11-17(21-22(19)35-25(2,3)34-21)24(32)27-10-6-5-7-15-8-9-16(12-26)33-15/h8-9,12-14,17,19,21-22,26H,4,6,10-11H2,1-3H3,(H,27,32)/t17-,19+,21+,22-/m0/s1. The van der Waals surface area contributed by atoms with Crippen molar-refractivity contribution in [3.05, 3.63) is 42.0 Å². The highest BCUT2D eigenvalue weighted by Crippen LogP contribution is 2.47. The van der Waals surface area contributed by atoms with Gasteiger partial charge in [-0.25, -0.2) is 15.0 Å². The Hall–Kier alpha value is -3.55. The molecule has 0 aromatic carbocycles. The van der Waals surface area contributed by atoms with E-state index >= 15 is 0 Å². The second kappa shape index (κ2) is 9.24. The van der Waals surface area contributed by atoms with E-state index in [2.05, 4.69) is 32.1 Å². The van der Waals surface area contributed by atoms with Crippen molar-refractivity contribution < 1.29 is 18.7 Å². The van der Waals surface area contributed by atoms with E-state index in [-0.39, 0.29) is 30.1 Å². The van der Waals surface area contributed by atoms with Gasteiger partial charge in [0.05, 0.1) is 30.2 Å². The van der Waals surface area contributed by atoms with E-state index in [0.29, 0.717) is 30.9 Å². The number of imidazole rings is 1. The molecule has 2 N–H and O–H groups in total. The van der Waals surface area contributed by atoms with Crippen molar-refractivity contribution in [2.24, 2.45) is 5.92 Å². The third kappa shape index (κ3) is 4.45. The number of ether oxygens (including phenoxy) is 2. The van der Waals surface area contributed by atoms with Crippen LogP contribution in [0.4, 0.5) is 0 Å². The van der Waals surface area contributed by atoms with Gasteiger partial charge in [0.15, 0.2) is 17.2 Å². The Bertz CT molecular complexity index is 1320. The van der Waals surface area contributed by atoms with Crippen LogP contribution in [0.1, 0.15) is 56.9 Å². The zero-order valence-electron chi connectivity index (χ0n) is 19.9. The number of rotatable bonds is 6. The number of amides is 1. The molecule has 1 amide bonds. The summed E-state index contributed by atoms with van der Waals surface area (Å²) in [6, 6.07) is 3.28. The van der Waals surface area contributed by atoms with Gasteiger partial charge in [-0.05, 0) is 44.7 Å². The Labute approximate surface area is 202 Å². The summed E-state index contributed by atoms with van der Waals surface area (Å²) in [6.45, 7) is 6.19. The highest BCUT2D eigenvalue weighted by molar-refractivity contribution is 5.80. The number of aryl methyl sites for hydroxylation is 1. The topological polar surface area (TPSA) is 128 Å². The predicted octanol–water partition coefficient (Wildman–Crippen LogP) is 2.62. The predicted molar refractivity (Wildman–Crippen MR) is 127 cm³/mol. The largest absolute Gasteiger partial charge is 0.447 e. The van der Waals surface area contributed by atoms with Gasteiger partial charge in [-0.15, -0.1) is 0 Å². The van der Waals surface area contributed by atoms with Gasteiger partial charge < -0.3 is 29.2 Å². The van der Waals surface area contributed by atoms with Gasteiger partial charge in [-0.1, -0.05) is 12.8 Å². The second-order valence-electron chi connectivity index (χ2n) is 9.16. The van der Waals surface area contributed by atoms with Gasteiger partial charge in [0.25, 0.3) is 0 Å². The van der Waals surface area contributed by atoms with Crippen molar-refractivity contribution in [2.45, 2.75) is 64.1 Å². The summed E-state index contributed by atoms with van der Waals surface area (Å²) >= 11 is 0. The van der Waals surface area contributed by atoms with Crippen LogP contribution >= 0.6 is 0 Å². The first kappa shape index (κ1) is 23.2. The molecule has 1 saturated carbocycles. The lowest BCUT2D eigenvalue weighted by Gasteiger charge is -2.24. The first-order valence-corrected chi connectivity index (χ1v) is 11.8. The minimum Gasteiger partial charge on any atom is -0.447 e. The molecule has 1 aliphatic heterocycles. The van der Waals surface area contributed by atoms with E-state index in [9.17, 15) is 4.79 Å². The molecule has 0 unspecified atom stereocenters. The molecule has 5 rings (SSSR count). The molecule has 10 nitrogen and oxygen atoms in total. The number of furan rings is 1. The number of hydrogen-bond acceptors (Lipinski definition) is 8. The molecule has 2 fully saturated rings. The van der Waals surface area contributed by atoms with Crippen LogP contribution in [0, 0.1) is 23.2 Å². The summed E-state index contributed by atoms with van der Waals surface area (Å²) in [5, 5.41) is 10.2. The Kier molecular flexibility index (Phi) is 6.13. The molecule has 4 atom stereocenters. The minimum atomic E-state index is -0.781. The lowest BCUT2D eigenvalue weighted by Crippen LogP contribution is -2.38. The van der Waals surface area contributed by atoms with Crippen molar-refractivity contribution in [2.75, 3.05) is 6.54 Å². The smallest absolute Gasteiger partial charge is 0.225 e. The maximum Gasteiger partial charge on any atom is 0.225 e. The number of fused-ring (bicyclic) bond motifs is 2. The molecule has 0 radical (unpaired) electrons. The molecule has 182 valence electrons. The summed E-state index contributed by atoms with van der Waals surface area (Å²) in [4.78, 5) is 26.5. The molecule has 35 heavy (non-hydrogen) atoms. The van der Waals surface area contributed by atoms with Crippen LogP contribution < -0.4 is 5.32 Å². The van der Waals surface area contributed by atoms with Gasteiger partial charge >= 0.3 is 0 Å². The molecular weight excluding hydrogens is 448 g/mol. The SMILES string of the molecule is CCc1ncnc2c1ncn2[C@@H]1C[C@H](C(=O)NCCC#Cc2ccc(C=N)o2)[C@H]2OC(C)(C)O[C@H]21. The normalized spacial score (nSPS) is 24.7. The van der Waals surface area contributed by atoms with Crippen LogP contribution in [0.15, 0.2) is 29.2 Å². The monoisotopic (exact) mass is 476 g/mol. The average Bonchev–Trinajstić information content (AvgIpc) is 3.60. The van der Waals surface area contributed by atoms with Gasteiger partial charge in [0, 0.05) is 13.0 Å². The number of nitrogens with zero attached hydrogens (tertiary/aromatic N) is 4. The Morgan fingerprint density at radius 1 is 1.29 bits per heavy atom. The van der Waals surface area contributed by atoms with Crippen LogP contribution in [0.5, 0.6) is 0 Å². The molecule has 3 aromatic rings. The molecule has 3 aromatic heterocycles. The number of carbonyl (C=O) groups is 1. The Morgan fingerprint density at radius 2 is 2.11 bits per heavy atom. The summed E-state index contributed by atoms with van der Waals surface area (Å²) in [5.74, 6) is 5.62. The molecule has 2 aliphatic rings. The number of carbonyl (C=O) groups excluding carboxylic acids is 1. The van der Waals surface area contributed by atoms with Gasteiger partial charge in [-0.2, -0.15) is 0 Å². The van der Waals surface area contributed by atoms with Gasteiger partial charge in [-0.3, -0.25) is 4.79 Å².